The number of hydrogen-bond donors (Lipinski definition) is 2. The minimum atomic E-state index is 0.0685. The molecule has 0 aliphatic carbocycles. The van der Waals surface area contributed by atoms with Crippen molar-refractivity contribution in [2.45, 2.75) is 33.3 Å². The highest BCUT2D eigenvalue weighted by Gasteiger charge is 2.19. The van der Waals surface area contributed by atoms with Crippen LogP contribution in [0.25, 0.3) is 11.3 Å². The number of hydrogen-bond acceptors (Lipinski definition) is 4. The molecule has 0 aliphatic heterocycles. The molecule has 6 heteroatoms. The molecular weight excluding hydrogens is 424 g/mol. The van der Waals surface area contributed by atoms with E-state index in [1.807, 2.05) is 61.5 Å². The number of rotatable bonds is 8. The van der Waals surface area contributed by atoms with Crippen molar-refractivity contribution < 1.29 is 14.6 Å². The summed E-state index contributed by atoms with van der Waals surface area (Å²) in [5, 5.41) is 18.8. The maximum absolute atomic E-state index is 10.7. The fourth-order valence-electron chi connectivity index (χ4n) is 3.36. The topological polar surface area (TPSA) is 67.4 Å². The van der Waals surface area contributed by atoms with Gasteiger partial charge >= 0.3 is 0 Å². The first-order chi connectivity index (χ1) is 15.6. The van der Waals surface area contributed by atoms with E-state index >= 15 is 0 Å². The molecule has 0 fully saturated rings. The molecule has 1 aromatic heterocycles. The standard InChI is InChI=1S/C26H25ClN2O3/c1-3-17-7-11-20(12-8-17)32-26-23(4-2)28-29-25(26)22-14-13-21(15-24(22)30)31-16-18-5-9-19(27)10-6-18/h5-15,30H,3-4,16H2,1-2H3,(H,28,29). The Labute approximate surface area is 192 Å². The Morgan fingerprint density at radius 1 is 0.875 bits per heavy atom. The molecule has 0 saturated carbocycles. The van der Waals surface area contributed by atoms with Gasteiger partial charge in [-0.05, 0) is 60.4 Å². The van der Waals surface area contributed by atoms with Gasteiger partial charge in [-0.15, -0.1) is 0 Å². The Balaban J connectivity index is 1.56. The van der Waals surface area contributed by atoms with Gasteiger partial charge in [0, 0.05) is 16.7 Å². The van der Waals surface area contributed by atoms with Gasteiger partial charge in [0.2, 0.25) is 0 Å². The van der Waals surface area contributed by atoms with Gasteiger partial charge in [-0.25, -0.2) is 0 Å². The predicted octanol–water partition coefficient (Wildman–Crippen LogP) is 6.93. The number of H-pyrrole nitrogens is 1. The van der Waals surface area contributed by atoms with Crippen LogP contribution in [0.4, 0.5) is 0 Å². The van der Waals surface area contributed by atoms with E-state index in [-0.39, 0.29) is 5.75 Å². The molecule has 1 heterocycles. The number of phenolic OH excluding ortho intramolecular Hbond substituents is 1. The van der Waals surface area contributed by atoms with Crippen LogP contribution in [0.3, 0.4) is 0 Å². The monoisotopic (exact) mass is 448 g/mol. The summed E-state index contributed by atoms with van der Waals surface area (Å²) in [6.07, 6.45) is 1.69. The first-order valence-corrected chi connectivity index (χ1v) is 11.0. The third-order valence-electron chi connectivity index (χ3n) is 5.24. The van der Waals surface area contributed by atoms with Crippen molar-refractivity contribution in [3.8, 4) is 34.3 Å². The third kappa shape index (κ3) is 4.89. The highest BCUT2D eigenvalue weighted by molar-refractivity contribution is 6.30. The van der Waals surface area contributed by atoms with Gasteiger partial charge in [0.05, 0.1) is 5.69 Å². The molecule has 0 bridgehead atoms. The van der Waals surface area contributed by atoms with Crippen LogP contribution in [-0.4, -0.2) is 15.3 Å². The number of aromatic amines is 1. The summed E-state index contributed by atoms with van der Waals surface area (Å²) in [5.74, 6) is 1.97. The van der Waals surface area contributed by atoms with Crippen LogP contribution < -0.4 is 9.47 Å². The minimum absolute atomic E-state index is 0.0685. The average molecular weight is 449 g/mol. The Morgan fingerprint density at radius 2 is 1.56 bits per heavy atom. The Hall–Kier alpha value is -3.44. The van der Waals surface area contributed by atoms with Crippen LogP contribution in [0.1, 0.15) is 30.7 Å². The lowest BCUT2D eigenvalue weighted by atomic mass is 10.1. The highest BCUT2D eigenvalue weighted by atomic mass is 35.5. The van der Waals surface area contributed by atoms with Gasteiger partial charge in [-0.1, -0.05) is 49.7 Å². The summed E-state index contributed by atoms with van der Waals surface area (Å²) in [7, 11) is 0. The number of benzene rings is 3. The quantitative estimate of drug-likeness (QED) is 0.306. The lowest BCUT2D eigenvalue weighted by Gasteiger charge is -2.11. The second kappa shape index (κ2) is 9.79. The van der Waals surface area contributed by atoms with Crippen LogP contribution >= 0.6 is 11.6 Å². The van der Waals surface area contributed by atoms with Gasteiger partial charge in [-0.3, -0.25) is 5.10 Å². The molecule has 0 saturated heterocycles. The normalized spacial score (nSPS) is 10.8. The van der Waals surface area contributed by atoms with Crippen molar-refractivity contribution in [1.82, 2.24) is 10.2 Å². The maximum Gasteiger partial charge on any atom is 0.176 e. The van der Waals surface area contributed by atoms with Crippen LogP contribution in [0.15, 0.2) is 66.7 Å². The van der Waals surface area contributed by atoms with Gasteiger partial charge in [-0.2, -0.15) is 5.10 Å². The van der Waals surface area contributed by atoms with Gasteiger partial charge in [0.25, 0.3) is 0 Å². The van der Waals surface area contributed by atoms with Crippen molar-refractivity contribution >= 4 is 11.6 Å². The largest absolute Gasteiger partial charge is 0.507 e. The van der Waals surface area contributed by atoms with E-state index in [4.69, 9.17) is 21.1 Å². The number of halogens is 1. The van der Waals surface area contributed by atoms with Crippen molar-refractivity contribution in [3.63, 3.8) is 0 Å². The summed E-state index contributed by atoms with van der Waals surface area (Å²) in [6.45, 7) is 4.52. The molecule has 164 valence electrons. The zero-order valence-electron chi connectivity index (χ0n) is 18.1. The Bertz CT molecular complexity index is 1180. The van der Waals surface area contributed by atoms with Crippen molar-refractivity contribution in [3.05, 3.63) is 88.6 Å². The number of aryl methyl sites for hydroxylation is 2. The first-order valence-electron chi connectivity index (χ1n) is 10.6. The number of phenols is 1. The zero-order valence-corrected chi connectivity index (χ0v) is 18.8. The molecule has 5 nitrogen and oxygen atoms in total. The van der Waals surface area contributed by atoms with Crippen molar-refractivity contribution in [2.75, 3.05) is 0 Å². The fraction of sp³-hybridized carbons (Fsp3) is 0.192. The molecule has 2 N–H and O–H groups in total. The van der Waals surface area contributed by atoms with Crippen LogP contribution in [0.5, 0.6) is 23.0 Å². The smallest absolute Gasteiger partial charge is 0.176 e. The summed E-state index contributed by atoms with van der Waals surface area (Å²) in [5.41, 5.74) is 4.22. The van der Waals surface area contributed by atoms with Crippen molar-refractivity contribution in [2.24, 2.45) is 0 Å². The molecule has 0 unspecified atom stereocenters. The molecule has 0 aliphatic rings. The molecule has 4 aromatic rings. The van der Waals surface area contributed by atoms with Crippen molar-refractivity contribution in [1.29, 1.82) is 0 Å². The summed E-state index contributed by atoms with van der Waals surface area (Å²) < 4.78 is 12.0. The molecular formula is C26H25ClN2O3. The van der Waals surface area contributed by atoms with E-state index in [1.54, 1.807) is 12.1 Å². The zero-order chi connectivity index (χ0) is 22.5. The summed E-state index contributed by atoms with van der Waals surface area (Å²) >= 11 is 5.92. The predicted molar refractivity (Wildman–Crippen MR) is 127 cm³/mol. The molecule has 32 heavy (non-hydrogen) atoms. The number of ether oxygens (including phenoxy) is 2. The SMILES string of the molecule is CCc1ccc(Oc2c(-c3ccc(OCc4ccc(Cl)cc4)cc3O)n[nH]c2CC)cc1. The molecule has 0 spiro atoms. The summed E-state index contributed by atoms with van der Waals surface area (Å²) in [4.78, 5) is 0. The van der Waals surface area contributed by atoms with Gasteiger partial charge < -0.3 is 14.6 Å². The van der Waals surface area contributed by atoms with E-state index in [9.17, 15) is 5.11 Å². The molecule has 0 amide bonds. The van der Waals surface area contributed by atoms with E-state index < -0.39 is 0 Å². The number of nitrogens with zero attached hydrogens (tertiary/aromatic N) is 1. The van der Waals surface area contributed by atoms with E-state index in [0.717, 1.165) is 29.8 Å². The second-order valence-electron chi connectivity index (χ2n) is 7.43. The number of aromatic hydroxyl groups is 1. The molecule has 0 atom stereocenters. The second-order valence-corrected chi connectivity index (χ2v) is 7.86. The van der Waals surface area contributed by atoms with Crippen LogP contribution in [0, 0.1) is 0 Å². The molecule has 4 rings (SSSR count). The molecule has 3 aromatic carbocycles. The number of aromatic nitrogens is 2. The Kier molecular flexibility index (Phi) is 6.66. The minimum Gasteiger partial charge on any atom is -0.507 e. The maximum atomic E-state index is 10.7. The summed E-state index contributed by atoms with van der Waals surface area (Å²) in [6, 6.07) is 20.6. The Morgan fingerprint density at radius 3 is 2.22 bits per heavy atom. The van der Waals surface area contributed by atoms with E-state index in [0.29, 0.717) is 34.4 Å². The van der Waals surface area contributed by atoms with Crippen LogP contribution in [-0.2, 0) is 19.4 Å². The van der Waals surface area contributed by atoms with E-state index in [2.05, 4.69) is 17.1 Å². The first kappa shape index (κ1) is 21.8. The van der Waals surface area contributed by atoms with Crippen LogP contribution in [0.2, 0.25) is 5.02 Å². The fourth-order valence-corrected chi connectivity index (χ4v) is 3.49. The third-order valence-corrected chi connectivity index (χ3v) is 5.49. The van der Waals surface area contributed by atoms with E-state index in [1.165, 1.54) is 5.56 Å². The lowest BCUT2D eigenvalue weighted by Crippen LogP contribution is -1.95. The van der Waals surface area contributed by atoms with Gasteiger partial charge in [0.1, 0.15) is 29.5 Å². The van der Waals surface area contributed by atoms with Gasteiger partial charge in [0.15, 0.2) is 5.75 Å². The highest BCUT2D eigenvalue weighted by Crippen LogP contribution is 2.40. The molecule has 0 radical (unpaired) electrons. The average Bonchev–Trinajstić information content (AvgIpc) is 3.21. The number of nitrogens with one attached hydrogen (secondary N) is 1. The lowest BCUT2D eigenvalue weighted by molar-refractivity contribution is 0.304.